The van der Waals surface area contributed by atoms with Crippen LogP contribution in [0.15, 0.2) is 40.9 Å². The van der Waals surface area contributed by atoms with E-state index in [-0.39, 0.29) is 25.2 Å². The van der Waals surface area contributed by atoms with Crippen molar-refractivity contribution in [1.82, 2.24) is 10.2 Å². The van der Waals surface area contributed by atoms with Crippen LogP contribution in [0, 0.1) is 11.3 Å². The van der Waals surface area contributed by atoms with Crippen LogP contribution in [0.4, 0.5) is 16.0 Å². The van der Waals surface area contributed by atoms with E-state index in [9.17, 15) is 14.8 Å². The smallest absolute Gasteiger partial charge is 0.159 e. The zero-order chi connectivity index (χ0) is 22.7. The van der Waals surface area contributed by atoms with Crippen molar-refractivity contribution in [2.75, 3.05) is 37.0 Å². The van der Waals surface area contributed by atoms with Gasteiger partial charge in [0, 0.05) is 43.2 Å². The molecule has 1 aromatic heterocycles. The maximum Gasteiger partial charge on any atom is 0.159 e. The topological polar surface area (TPSA) is 94.3 Å². The number of hydrogen-bond acceptors (Lipinski definition) is 7. The number of nitrogens with zero attached hydrogens (tertiary/aromatic N) is 4. The van der Waals surface area contributed by atoms with Gasteiger partial charge in [0.25, 0.3) is 0 Å². The zero-order valence-electron chi connectivity index (χ0n) is 18.0. The molecule has 0 amide bonds. The number of hydrogen-bond donors (Lipinski definition) is 2. The Kier molecular flexibility index (Phi) is 7.95. The number of nitrogens with one attached hydrogen (secondary N) is 1. The minimum Gasteiger partial charge on any atom is -0.496 e. The first-order chi connectivity index (χ1) is 15.5. The number of ether oxygens (including phenoxy) is 1. The van der Waals surface area contributed by atoms with Crippen LogP contribution >= 0.6 is 28.3 Å². The number of halogens is 3. The number of piperidine rings is 1. The highest BCUT2D eigenvalue weighted by molar-refractivity contribution is 9.10. The lowest BCUT2D eigenvalue weighted by atomic mass is 9.94. The summed E-state index contributed by atoms with van der Waals surface area (Å²) in [4.78, 5) is 1.99. The number of aliphatic hydroxyl groups excluding tert-OH is 1. The molecule has 33 heavy (non-hydrogen) atoms. The highest BCUT2D eigenvalue weighted by Crippen LogP contribution is 2.34. The van der Waals surface area contributed by atoms with E-state index < -0.39 is 12.3 Å². The van der Waals surface area contributed by atoms with Gasteiger partial charge in [-0.1, -0.05) is 6.07 Å². The van der Waals surface area contributed by atoms with E-state index in [2.05, 4.69) is 37.5 Å². The molecular formula is C23H24BrClFN5O2. The van der Waals surface area contributed by atoms with Crippen LogP contribution in [-0.4, -0.2) is 47.8 Å². The lowest BCUT2D eigenvalue weighted by Gasteiger charge is -2.36. The summed E-state index contributed by atoms with van der Waals surface area (Å²) in [5.41, 5.74) is 0.00262. The number of benzene rings is 2. The summed E-state index contributed by atoms with van der Waals surface area (Å²) in [6.07, 6.45) is 0.463. The van der Waals surface area contributed by atoms with Gasteiger partial charge in [-0.3, -0.25) is 0 Å². The number of aromatic nitrogens is 2. The molecule has 0 aliphatic carbocycles. The summed E-state index contributed by atoms with van der Waals surface area (Å²) in [6, 6.07) is 13.4. The van der Waals surface area contributed by atoms with E-state index >= 15 is 0 Å². The predicted molar refractivity (Wildman–Crippen MR) is 132 cm³/mol. The number of anilines is 2. The summed E-state index contributed by atoms with van der Waals surface area (Å²) < 4.78 is 20.6. The first kappa shape index (κ1) is 25.0. The molecule has 2 heterocycles. The molecule has 0 bridgehead atoms. The van der Waals surface area contributed by atoms with Gasteiger partial charge in [0.05, 0.1) is 29.8 Å². The number of methoxy groups -OCH3 is 1. The zero-order valence-corrected chi connectivity index (χ0v) is 20.4. The Bertz CT molecular complexity index is 1180. The molecule has 1 aliphatic heterocycles. The molecule has 10 heteroatoms. The summed E-state index contributed by atoms with van der Waals surface area (Å²) in [7, 11) is 1.62. The fourth-order valence-corrected chi connectivity index (χ4v) is 4.45. The highest BCUT2D eigenvalue weighted by atomic mass is 79.9. The van der Waals surface area contributed by atoms with Crippen molar-refractivity contribution in [3.05, 3.63) is 52.0 Å². The number of alkyl halides is 1. The molecule has 2 aromatic carbocycles. The third-order valence-corrected chi connectivity index (χ3v) is 6.43. The van der Waals surface area contributed by atoms with E-state index in [1.165, 1.54) is 0 Å². The van der Waals surface area contributed by atoms with Crippen molar-refractivity contribution in [2.45, 2.75) is 25.1 Å². The first-order valence-corrected chi connectivity index (χ1v) is 11.1. The van der Waals surface area contributed by atoms with Crippen molar-refractivity contribution < 1.29 is 14.2 Å². The largest absolute Gasteiger partial charge is 0.496 e. The molecule has 4 rings (SSSR count). The van der Waals surface area contributed by atoms with Gasteiger partial charge in [0.1, 0.15) is 11.4 Å². The Labute approximate surface area is 206 Å². The van der Waals surface area contributed by atoms with Crippen molar-refractivity contribution in [3.63, 3.8) is 0 Å². The molecule has 7 nitrogen and oxygen atoms in total. The lowest BCUT2D eigenvalue weighted by Crippen LogP contribution is -2.44. The Morgan fingerprint density at radius 3 is 2.61 bits per heavy atom. The standard InChI is InChI=1S/C23H23BrFN5O2.ClH/c1-32-20-5-3-16(11-19(20)24)13-27-21-18-10-15(12-26)2-4-17(18)22(29-28-21)30-8-6-23(25,14-31)7-9-30;/h2-5,10-11,31H,6-9,13-14H2,1H3,(H,27,28);1H. The second kappa shape index (κ2) is 10.5. The predicted octanol–water partition coefficient (Wildman–Crippen LogP) is 4.61. The minimum absolute atomic E-state index is 0. The number of aliphatic hydroxyl groups is 1. The van der Waals surface area contributed by atoms with Crippen molar-refractivity contribution in [3.8, 4) is 11.8 Å². The van der Waals surface area contributed by atoms with Gasteiger partial charge in [-0.15, -0.1) is 22.6 Å². The van der Waals surface area contributed by atoms with Crippen LogP contribution in [0.25, 0.3) is 10.8 Å². The Hall–Kier alpha value is -2.67. The molecule has 0 radical (unpaired) electrons. The third-order valence-electron chi connectivity index (χ3n) is 5.81. The van der Waals surface area contributed by atoms with Crippen LogP contribution in [0.2, 0.25) is 0 Å². The number of rotatable bonds is 6. The fraction of sp³-hybridized carbons (Fsp3) is 0.348. The Morgan fingerprint density at radius 1 is 1.21 bits per heavy atom. The SMILES string of the molecule is COc1ccc(CNc2nnc(N3CCC(F)(CO)CC3)c3ccc(C#N)cc23)cc1Br.Cl. The van der Waals surface area contributed by atoms with Crippen LogP contribution < -0.4 is 15.0 Å². The molecule has 0 unspecified atom stereocenters. The number of nitriles is 1. The lowest BCUT2D eigenvalue weighted by molar-refractivity contribution is 0.0480. The molecule has 1 saturated heterocycles. The van der Waals surface area contributed by atoms with Crippen LogP contribution in [-0.2, 0) is 6.54 Å². The average molecular weight is 537 g/mol. The molecule has 174 valence electrons. The van der Waals surface area contributed by atoms with Gasteiger partial charge in [-0.05, 0) is 51.8 Å². The third kappa shape index (κ3) is 5.29. The minimum atomic E-state index is -1.54. The number of fused-ring (bicyclic) bond motifs is 1. The van der Waals surface area contributed by atoms with Crippen molar-refractivity contribution in [2.24, 2.45) is 0 Å². The normalized spacial score (nSPS) is 14.9. The Balaban J connectivity index is 0.00000306. The second-order valence-corrected chi connectivity index (χ2v) is 8.72. The van der Waals surface area contributed by atoms with Crippen molar-refractivity contribution >= 4 is 50.7 Å². The molecule has 1 aliphatic rings. The van der Waals surface area contributed by atoms with Crippen LogP contribution in [0.3, 0.4) is 0 Å². The van der Waals surface area contributed by atoms with Gasteiger partial charge in [0.15, 0.2) is 11.6 Å². The van der Waals surface area contributed by atoms with Crippen LogP contribution in [0.5, 0.6) is 5.75 Å². The van der Waals surface area contributed by atoms with E-state index in [0.717, 1.165) is 26.6 Å². The van der Waals surface area contributed by atoms with Crippen molar-refractivity contribution in [1.29, 1.82) is 5.26 Å². The molecule has 0 saturated carbocycles. The molecule has 2 N–H and O–H groups in total. The van der Waals surface area contributed by atoms with E-state index in [0.29, 0.717) is 36.8 Å². The van der Waals surface area contributed by atoms with Gasteiger partial charge in [0.2, 0.25) is 0 Å². The summed E-state index contributed by atoms with van der Waals surface area (Å²) in [5.74, 6) is 1.98. The molecular weight excluding hydrogens is 513 g/mol. The summed E-state index contributed by atoms with van der Waals surface area (Å²) in [5, 5.41) is 32.4. The second-order valence-electron chi connectivity index (χ2n) is 7.86. The maximum atomic E-state index is 14.4. The average Bonchev–Trinajstić information content (AvgIpc) is 2.83. The van der Waals surface area contributed by atoms with Gasteiger partial charge in [-0.2, -0.15) is 5.26 Å². The van der Waals surface area contributed by atoms with E-state index in [1.54, 1.807) is 19.2 Å². The first-order valence-electron chi connectivity index (χ1n) is 10.3. The van der Waals surface area contributed by atoms with E-state index in [1.807, 2.05) is 29.2 Å². The monoisotopic (exact) mass is 535 g/mol. The molecule has 0 atom stereocenters. The summed E-state index contributed by atoms with van der Waals surface area (Å²) in [6.45, 7) is 0.914. The summed E-state index contributed by atoms with van der Waals surface area (Å²) >= 11 is 3.49. The highest BCUT2D eigenvalue weighted by Gasteiger charge is 2.34. The van der Waals surface area contributed by atoms with Gasteiger partial charge < -0.3 is 20.1 Å². The van der Waals surface area contributed by atoms with Gasteiger partial charge >= 0.3 is 0 Å². The van der Waals surface area contributed by atoms with Gasteiger partial charge in [-0.25, -0.2) is 4.39 Å². The Morgan fingerprint density at radius 2 is 1.97 bits per heavy atom. The fourth-order valence-electron chi connectivity index (χ4n) is 3.86. The quantitative estimate of drug-likeness (QED) is 0.475. The molecule has 3 aromatic rings. The molecule has 0 spiro atoms. The maximum absolute atomic E-state index is 14.4. The van der Waals surface area contributed by atoms with E-state index in [4.69, 9.17) is 4.74 Å². The van der Waals surface area contributed by atoms with Crippen LogP contribution in [0.1, 0.15) is 24.0 Å². The molecule has 1 fully saturated rings.